The fourth-order valence-electron chi connectivity index (χ4n) is 1.53. The molecule has 0 aliphatic carbocycles. The van der Waals surface area contributed by atoms with Gasteiger partial charge in [-0.25, -0.2) is 0 Å². The number of allylic oxidation sites excluding steroid dienone is 2. The fraction of sp³-hybridized carbons (Fsp3) is 0.846. The van der Waals surface area contributed by atoms with Crippen molar-refractivity contribution in [3.05, 3.63) is 12.2 Å². The molecule has 0 aliphatic heterocycles. The minimum Gasteiger partial charge on any atom is -0.0880 e. The summed E-state index contributed by atoms with van der Waals surface area (Å²) in [6.45, 7) is 11.5. The van der Waals surface area contributed by atoms with E-state index >= 15 is 0 Å². The van der Waals surface area contributed by atoms with Gasteiger partial charge in [0.05, 0.1) is 0 Å². The molecule has 0 radical (unpaired) electrons. The van der Waals surface area contributed by atoms with E-state index in [9.17, 15) is 0 Å². The maximum atomic E-state index is 2.36. The second kappa shape index (κ2) is 7.17. The Balaban J connectivity index is 3.56. The highest BCUT2D eigenvalue weighted by Crippen LogP contribution is 2.18. The van der Waals surface area contributed by atoms with E-state index < -0.39 is 0 Å². The van der Waals surface area contributed by atoms with Crippen LogP contribution in [0.1, 0.15) is 53.9 Å². The van der Waals surface area contributed by atoms with Gasteiger partial charge in [-0.3, -0.25) is 0 Å². The number of hydrogen-bond donors (Lipinski definition) is 0. The van der Waals surface area contributed by atoms with Crippen LogP contribution in [0.15, 0.2) is 12.2 Å². The quantitative estimate of drug-likeness (QED) is 0.524. The molecule has 0 aromatic heterocycles. The molecule has 0 N–H and O–H groups in total. The maximum Gasteiger partial charge on any atom is -0.0290 e. The molecule has 0 heteroatoms. The molecule has 2 atom stereocenters. The Kier molecular flexibility index (Phi) is 7.03. The van der Waals surface area contributed by atoms with Crippen molar-refractivity contribution in [2.75, 3.05) is 0 Å². The average molecular weight is 182 g/mol. The van der Waals surface area contributed by atoms with Gasteiger partial charge in [0, 0.05) is 0 Å². The van der Waals surface area contributed by atoms with Gasteiger partial charge < -0.3 is 0 Å². The lowest BCUT2D eigenvalue weighted by Crippen LogP contribution is -2.01. The van der Waals surface area contributed by atoms with E-state index in [1.54, 1.807) is 0 Å². The summed E-state index contributed by atoms with van der Waals surface area (Å²) in [6.07, 6.45) is 8.60. The van der Waals surface area contributed by atoms with Crippen molar-refractivity contribution < 1.29 is 0 Å². The minimum atomic E-state index is 0.704. The predicted octanol–water partition coefficient (Wildman–Crippen LogP) is 4.66. The van der Waals surface area contributed by atoms with Crippen molar-refractivity contribution >= 4 is 0 Å². The van der Waals surface area contributed by atoms with E-state index in [1.165, 1.54) is 19.3 Å². The molecular formula is C13H26. The molecule has 0 heterocycles. The first-order valence-electron chi connectivity index (χ1n) is 5.72. The topological polar surface area (TPSA) is 0 Å². The van der Waals surface area contributed by atoms with E-state index in [4.69, 9.17) is 0 Å². The van der Waals surface area contributed by atoms with Crippen LogP contribution in [-0.2, 0) is 0 Å². The molecule has 0 saturated carbocycles. The summed E-state index contributed by atoms with van der Waals surface area (Å²) >= 11 is 0. The summed E-state index contributed by atoms with van der Waals surface area (Å²) < 4.78 is 0. The first kappa shape index (κ1) is 12.7. The molecule has 0 amide bonds. The highest BCUT2D eigenvalue weighted by atomic mass is 14.1. The monoisotopic (exact) mass is 182 g/mol. The lowest BCUT2D eigenvalue weighted by molar-refractivity contribution is 0.408. The van der Waals surface area contributed by atoms with Crippen molar-refractivity contribution in [1.82, 2.24) is 0 Å². The maximum absolute atomic E-state index is 2.36. The third kappa shape index (κ3) is 8.08. The normalized spacial score (nSPS) is 16.8. The van der Waals surface area contributed by atoms with Crippen LogP contribution in [0.5, 0.6) is 0 Å². The molecule has 0 nitrogen and oxygen atoms in total. The van der Waals surface area contributed by atoms with E-state index in [1.807, 2.05) is 0 Å². The van der Waals surface area contributed by atoms with Crippen LogP contribution in [0.3, 0.4) is 0 Å². The standard InChI is InChI=1S/C13H26/c1-6-12(4)10-13(5)9-7-8-11(2)3/h7-8,11-13H,6,9-10H2,1-5H3. The summed E-state index contributed by atoms with van der Waals surface area (Å²) in [5.74, 6) is 2.45. The zero-order valence-corrected chi connectivity index (χ0v) is 10.0. The first-order chi connectivity index (χ1) is 6.06. The van der Waals surface area contributed by atoms with Crippen LogP contribution in [0, 0.1) is 17.8 Å². The van der Waals surface area contributed by atoms with Gasteiger partial charge in [-0.1, -0.05) is 53.2 Å². The van der Waals surface area contributed by atoms with Gasteiger partial charge >= 0.3 is 0 Å². The minimum absolute atomic E-state index is 0.704. The van der Waals surface area contributed by atoms with E-state index in [-0.39, 0.29) is 0 Å². The van der Waals surface area contributed by atoms with Gasteiger partial charge in [-0.2, -0.15) is 0 Å². The van der Waals surface area contributed by atoms with Crippen molar-refractivity contribution in [2.45, 2.75) is 53.9 Å². The lowest BCUT2D eigenvalue weighted by atomic mass is 9.93. The van der Waals surface area contributed by atoms with Gasteiger partial charge in [-0.15, -0.1) is 0 Å². The third-order valence-corrected chi connectivity index (χ3v) is 2.56. The molecule has 0 fully saturated rings. The van der Waals surface area contributed by atoms with Crippen LogP contribution in [0.2, 0.25) is 0 Å². The molecule has 0 aromatic rings. The number of rotatable bonds is 6. The summed E-state index contributed by atoms with van der Waals surface area (Å²) in [6, 6.07) is 0. The Morgan fingerprint density at radius 1 is 1.00 bits per heavy atom. The highest BCUT2D eigenvalue weighted by molar-refractivity contribution is 4.85. The molecule has 0 rings (SSSR count). The van der Waals surface area contributed by atoms with Crippen molar-refractivity contribution in [1.29, 1.82) is 0 Å². The van der Waals surface area contributed by atoms with Crippen LogP contribution >= 0.6 is 0 Å². The van der Waals surface area contributed by atoms with Gasteiger partial charge in [0.2, 0.25) is 0 Å². The Morgan fingerprint density at radius 2 is 1.62 bits per heavy atom. The first-order valence-corrected chi connectivity index (χ1v) is 5.72. The van der Waals surface area contributed by atoms with E-state index in [2.05, 4.69) is 46.8 Å². The second-order valence-corrected chi connectivity index (χ2v) is 4.76. The van der Waals surface area contributed by atoms with E-state index in [0.29, 0.717) is 5.92 Å². The lowest BCUT2D eigenvalue weighted by Gasteiger charge is -2.13. The van der Waals surface area contributed by atoms with Crippen LogP contribution in [-0.4, -0.2) is 0 Å². The summed E-state index contributed by atoms with van der Waals surface area (Å²) in [7, 11) is 0. The Morgan fingerprint density at radius 3 is 2.08 bits per heavy atom. The SMILES string of the molecule is CCC(C)CC(C)CC=CC(C)C. The summed E-state index contributed by atoms with van der Waals surface area (Å²) in [5.41, 5.74) is 0. The predicted molar refractivity (Wildman–Crippen MR) is 61.8 cm³/mol. The highest BCUT2D eigenvalue weighted by Gasteiger charge is 2.04. The molecule has 0 aliphatic rings. The molecule has 0 bridgehead atoms. The molecule has 0 aromatic carbocycles. The Labute approximate surface area is 84.4 Å². The van der Waals surface area contributed by atoms with Crippen LogP contribution < -0.4 is 0 Å². The molecule has 78 valence electrons. The second-order valence-electron chi connectivity index (χ2n) is 4.76. The van der Waals surface area contributed by atoms with Crippen LogP contribution in [0.25, 0.3) is 0 Å². The van der Waals surface area contributed by atoms with Gasteiger partial charge in [0.1, 0.15) is 0 Å². The fourth-order valence-corrected chi connectivity index (χ4v) is 1.53. The van der Waals surface area contributed by atoms with Crippen molar-refractivity contribution in [2.24, 2.45) is 17.8 Å². The summed E-state index contributed by atoms with van der Waals surface area (Å²) in [5, 5.41) is 0. The molecule has 0 saturated heterocycles. The molecule has 13 heavy (non-hydrogen) atoms. The zero-order chi connectivity index (χ0) is 10.3. The van der Waals surface area contributed by atoms with Gasteiger partial charge in [-0.05, 0) is 30.6 Å². The largest absolute Gasteiger partial charge is 0.0880 e. The van der Waals surface area contributed by atoms with Gasteiger partial charge in [0.15, 0.2) is 0 Å². The Bertz CT molecular complexity index is 133. The van der Waals surface area contributed by atoms with Crippen molar-refractivity contribution in [3.8, 4) is 0 Å². The van der Waals surface area contributed by atoms with Crippen molar-refractivity contribution in [3.63, 3.8) is 0 Å². The Hall–Kier alpha value is -0.260. The zero-order valence-electron chi connectivity index (χ0n) is 10.0. The summed E-state index contributed by atoms with van der Waals surface area (Å²) in [4.78, 5) is 0. The smallest absolute Gasteiger partial charge is 0.0290 e. The molecule has 0 spiro atoms. The number of hydrogen-bond acceptors (Lipinski definition) is 0. The third-order valence-electron chi connectivity index (χ3n) is 2.56. The molecular weight excluding hydrogens is 156 g/mol. The van der Waals surface area contributed by atoms with Crippen LogP contribution in [0.4, 0.5) is 0 Å². The average Bonchev–Trinajstić information content (AvgIpc) is 2.03. The van der Waals surface area contributed by atoms with Gasteiger partial charge in [0.25, 0.3) is 0 Å². The molecule has 2 unspecified atom stereocenters. The van der Waals surface area contributed by atoms with E-state index in [0.717, 1.165) is 11.8 Å².